The van der Waals surface area contributed by atoms with Gasteiger partial charge < -0.3 is 4.90 Å². The zero-order valence-electron chi connectivity index (χ0n) is 12.9. The van der Waals surface area contributed by atoms with Gasteiger partial charge >= 0.3 is 0 Å². The summed E-state index contributed by atoms with van der Waals surface area (Å²) < 4.78 is 26.9. The first-order valence-corrected chi connectivity index (χ1v) is 7.97. The summed E-state index contributed by atoms with van der Waals surface area (Å²) in [5, 5.41) is 0. The second kappa shape index (κ2) is 6.32. The molecule has 1 saturated heterocycles. The predicted octanol–water partition coefficient (Wildman–Crippen LogP) is 2.80. The lowest BCUT2D eigenvalue weighted by Gasteiger charge is -2.37. The summed E-state index contributed by atoms with van der Waals surface area (Å²) >= 11 is 0. The molecule has 0 unspecified atom stereocenters. The molecule has 0 N–H and O–H groups in total. The first-order chi connectivity index (χ1) is 10.5. The van der Waals surface area contributed by atoms with Gasteiger partial charge in [-0.15, -0.1) is 0 Å². The van der Waals surface area contributed by atoms with Gasteiger partial charge in [0.25, 0.3) is 0 Å². The number of nitrogens with zero attached hydrogens (tertiary/aromatic N) is 2. The molecule has 3 rings (SSSR count). The smallest absolute Gasteiger partial charge is 0.225 e. The molecule has 120 valence electrons. The van der Waals surface area contributed by atoms with Crippen LogP contribution in [0.4, 0.5) is 8.78 Å². The maximum Gasteiger partial charge on any atom is 0.225 e. The Balaban J connectivity index is 1.53. The van der Waals surface area contributed by atoms with Crippen molar-refractivity contribution in [2.24, 2.45) is 5.92 Å². The quantitative estimate of drug-likeness (QED) is 0.854. The number of piperidine rings is 1. The van der Waals surface area contributed by atoms with E-state index in [1.54, 1.807) is 0 Å². The molecule has 1 saturated carbocycles. The van der Waals surface area contributed by atoms with Crippen LogP contribution in [0.3, 0.4) is 0 Å². The van der Waals surface area contributed by atoms with Gasteiger partial charge in [-0.1, -0.05) is 0 Å². The first-order valence-electron chi connectivity index (χ1n) is 7.97. The third kappa shape index (κ3) is 3.46. The summed E-state index contributed by atoms with van der Waals surface area (Å²) in [5.41, 5.74) is 0.404. The number of halogens is 2. The van der Waals surface area contributed by atoms with Crippen molar-refractivity contribution in [2.45, 2.75) is 38.3 Å². The van der Waals surface area contributed by atoms with Gasteiger partial charge in [0.05, 0.1) is 0 Å². The van der Waals surface area contributed by atoms with Gasteiger partial charge in [-0.25, -0.2) is 8.78 Å². The largest absolute Gasteiger partial charge is 0.342 e. The number of likely N-dealkylation sites (tertiary alicyclic amines) is 1. The molecule has 0 bridgehead atoms. The molecule has 0 atom stereocenters. The molecule has 3 nitrogen and oxygen atoms in total. The molecule has 0 radical (unpaired) electrons. The van der Waals surface area contributed by atoms with E-state index in [4.69, 9.17) is 0 Å². The van der Waals surface area contributed by atoms with E-state index in [2.05, 4.69) is 4.90 Å². The van der Waals surface area contributed by atoms with Gasteiger partial charge in [0.1, 0.15) is 11.6 Å². The second-order valence-corrected chi connectivity index (χ2v) is 6.47. The lowest BCUT2D eigenvalue weighted by atomic mass is 10.0. The van der Waals surface area contributed by atoms with E-state index < -0.39 is 5.82 Å². The van der Waals surface area contributed by atoms with Crippen LogP contribution < -0.4 is 0 Å². The van der Waals surface area contributed by atoms with Crippen LogP contribution in [0.5, 0.6) is 0 Å². The number of amides is 1. The molecule has 2 aliphatic rings. The zero-order chi connectivity index (χ0) is 15.7. The molecule has 1 amide bonds. The van der Waals surface area contributed by atoms with E-state index in [0.717, 1.165) is 44.8 Å². The third-order valence-electron chi connectivity index (χ3n) is 4.78. The summed E-state index contributed by atoms with van der Waals surface area (Å²) in [6.45, 7) is 2.04. The average molecular weight is 308 g/mol. The zero-order valence-corrected chi connectivity index (χ0v) is 12.9. The molecule has 2 fully saturated rings. The Morgan fingerprint density at radius 2 is 1.91 bits per heavy atom. The SMILES string of the molecule is CN(C(=O)C1CC1)C1CCN(Cc2cc(F)ccc2F)CC1. The molecule has 5 heteroatoms. The monoisotopic (exact) mass is 308 g/mol. The van der Waals surface area contributed by atoms with E-state index >= 15 is 0 Å². The van der Waals surface area contributed by atoms with Crippen LogP contribution in [0.2, 0.25) is 0 Å². The van der Waals surface area contributed by atoms with Gasteiger partial charge in [0.15, 0.2) is 0 Å². The van der Waals surface area contributed by atoms with Crippen LogP contribution in [0.15, 0.2) is 18.2 Å². The van der Waals surface area contributed by atoms with E-state index in [-0.39, 0.29) is 23.7 Å². The van der Waals surface area contributed by atoms with Crippen LogP contribution in [-0.4, -0.2) is 41.9 Å². The molecule has 0 aromatic heterocycles. The molecule has 1 heterocycles. The van der Waals surface area contributed by atoms with Gasteiger partial charge in [-0.05, 0) is 43.9 Å². The van der Waals surface area contributed by atoms with Crippen molar-refractivity contribution in [3.63, 3.8) is 0 Å². The minimum Gasteiger partial charge on any atom is -0.342 e. The minimum absolute atomic E-state index is 0.254. The van der Waals surface area contributed by atoms with Crippen molar-refractivity contribution in [3.05, 3.63) is 35.4 Å². The van der Waals surface area contributed by atoms with E-state index in [0.29, 0.717) is 12.1 Å². The second-order valence-electron chi connectivity index (χ2n) is 6.47. The summed E-state index contributed by atoms with van der Waals surface area (Å²) in [6.07, 6.45) is 3.85. The van der Waals surface area contributed by atoms with Crippen LogP contribution >= 0.6 is 0 Å². The average Bonchev–Trinajstić information content (AvgIpc) is 3.35. The Labute approximate surface area is 129 Å². The first kappa shape index (κ1) is 15.4. The molecule has 0 spiro atoms. The molecule has 1 aromatic carbocycles. The van der Waals surface area contributed by atoms with Crippen molar-refractivity contribution in [1.82, 2.24) is 9.80 Å². The topological polar surface area (TPSA) is 23.6 Å². The summed E-state index contributed by atoms with van der Waals surface area (Å²) in [4.78, 5) is 16.1. The fraction of sp³-hybridized carbons (Fsp3) is 0.588. The Morgan fingerprint density at radius 3 is 2.55 bits per heavy atom. The van der Waals surface area contributed by atoms with Gasteiger partial charge in [0.2, 0.25) is 5.91 Å². The number of hydrogen-bond acceptors (Lipinski definition) is 2. The number of benzene rings is 1. The van der Waals surface area contributed by atoms with Crippen LogP contribution in [-0.2, 0) is 11.3 Å². The maximum atomic E-state index is 13.7. The van der Waals surface area contributed by atoms with E-state index in [1.165, 1.54) is 12.1 Å². The summed E-state index contributed by atoms with van der Waals surface area (Å²) in [6, 6.07) is 3.87. The third-order valence-corrected chi connectivity index (χ3v) is 4.78. The number of hydrogen-bond donors (Lipinski definition) is 0. The molecule has 1 aliphatic carbocycles. The standard InChI is InChI=1S/C17H22F2N2O/c1-20(17(22)12-2-3-12)15-6-8-21(9-7-15)11-13-10-14(18)4-5-16(13)19/h4-5,10,12,15H,2-3,6-9,11H2,1H3. The maximum absolute atomic E-state index is 13.7. The van der Waals surface area contributed by atoms with Crippen molar-refractivity contribution in [1.29, 1.82) is 0 Å². The lowest BCUT2D eigenvalue weighted by Crippen LogP contribution is -2.45. The molecular weight excluding hydrogens is 286 g/mol. The Kier molecular flexibility index (Phi) is 4.43. The van der Waals surface area contributed by atoms with Gasteiger partial charge in [0, 0.05) is 44.2 Å². The van der Waals surface area contributed by atoms with Crippen molar-refractivity contribution < 1.29 is 13.6 Å². The van der Waals surface area contributed by atoms with Crippen LogP contribution in [0, 0.1) is 17.6 Å². The molecule has 1 aromatic rings. The van der Waals surface area contributed by atoms with Gasteiger partial charge in [-0.2, -0.15) is 0 Å². The van der Waals surface area contributed by atoms with Crippen LogP contribution in [0.1, 0.15) is 31.2 Å². The van der Waals surface area contributed by atoms with Crippen LogP contribution in [0.25, 0.3) is 0 Å². The molecule has 22 heavy (non-hydrogen) atoms. The fourth-order valence-corrected chi connectivity index (χ4v) is 3.17. The number of carbonyl (C=O) groups is 1. The molecule has 1 aliphatic heterocycles. The molecular formula is C17H22F2N2O. The highest BCUT2D eigenvalue weighted by Crippen LogP contribution is 2.32. The Morgan fingerprint density at radius 1 is 1.23 bits per heavy atom. The fourth-order valence-electron chi connectivity index (χ4n) is 3.17. The Bertz CT molecular complexity index is 552. The normalized spacial score (nSPS) is 20.1. The predicted molar refractivity (Wildman–Crippen MR) is 80.2 cm³/mol. The summed E-state index contributed by atoms with van der Waals surface area (Å²) in [7, 11) is 1.90. The highest BCUT2D eigenvalue weighted by Gasteiger charge is 2.35. The van der Waals surface area contributed by atoms with Crippen molar-refractivity contribution in [3.8, 4) is 0 Å². The van der Waals surface area contributed by atoms with Gasteiger partial charge in [-0.3, -0.25) is 9.69 Å². The highest BCUT2D eigenvalue weighted by molar-refractivity contribution is 5.81. The lowest BCUT2D eigenvalue weighted by molar-refractivity contribution is -0.134. The number of carbonyl (C=O) groups excluding carboxylic acids is 1. The Hall–Kier alpha value is -1.49. The van der Waals surface area contributed by atoms with E-state index in [1.807, 2.05) is 11.9 Å². The van der Waals surface area contributed by atoms with E-state index in [9.17, 15) is 13.6 Å². The summed E-state index contributed by atoms with van der Waals surface area (Å²) in [5.74, 6) is -0.232. The minimum atomic E-state index is -0.402. The highest BCUT2D eigenvalue weighted by atomic mass is 19.1. The van der Waals surface area contributed by atoms with Crippen molar-refractivity contribution in [2.75, 3.05) is 20.1 Å². The number of rotatable bonds is 4. The van der Waals surface area contributed by atoms with Crippen molar-refractivity contribution >= 4 is 5.91 Å².